The summed E-state index contributed by atoms with van der Waals surface area (Å²) < 4.78 is 5.79. The molecule has 1 unspecified atom stereocenters. The molecule has 0 aliphatic rings. The van der Waals surface area contributed by atoms with Gasteiger partial charge in [-0.1, -0.05) is 59.7 Å². The zero-order valence-corrected chi connectivity index (χ0v) is 16.0. The third-order valence-corrected chi connectivity index (χ3v) is 4.85. The van der Waals surface area contributed by atoms with Crippen LogP contribution in [0.2, 0.25) is 5.02 Å². The predicted octanol–water partition coefficient (Wildman–Crippen LogP) is 4.96. The molecule has 26 heavy (non-hydrogen) atoms. The molecule has 1 aromatic heterocycles. The van der Waals surface area contributed by atoms with Crippen molar-refractivity contribution in [1.82, 2.24) is 10.2 Å². The van der Waals surface area contributed by atoms with E-state index in [2.05, 4.69) is 15.5 Å². The molecule has 7 heteroatoms. The molecule has 2 aromatic carbocycles. The van der Waals surface area contributed by atoms with E-state index in [-0.39, 0.29) is 5.91 Å². The van der Waals surface area contributed by atoms with Crippen LogP contribution < -0.4 is 10.1 Å². The molecule has 0 saturated heterocycles. The fourth-order valence-corrected chi connectivity index (χ4v) is 3.15. The maximum absolute atomic E-state index is 12.5. The molecule has 5 nitrogen and oxygen atoms in total. The lowest BCUT2D eigenvalue weighted by Gasteiger charge is -2.16. The number of anilines is 1. The van der Waals surface area contributed by atoms with Crippen molar-refractivity contribution in [3.8, 4) is 16.3 Å². The average molecular weight is 388 g/mol. The lowest BCUT2D eigenvalue weighted by atomic mass is 10.2. The van der Waals surface area contributed by atoms with Crippen LogP contribution in [0.3, 0.4) is 0 Å². The van der Waals surface area contributed by atoms with Gasteiger partial charge >= 0.3 is 0 Å². The first kappa shape index (κ1) is 18.4. The minimum Gasteiger partial charge on any atom is -0.481 e. The highest BCUT2D eigenvalue weighted by Crippen LogP contribution is 2.27. The van der Waals surface area contributed by atoms with Gasteiger partial charge in [-0.25, -0.2) is 0 Å². The molecule has 0 aliphatic carbocycles. The highest BCUT2D eigenvalue weighted by atomic mass is 35.5. The SMILES string of the molecule is CCC(Oc1ccc(C)cc1)C(=O)Nc1nnc(-c2ccc(Cl)cc2)s1. The number of aryl methyl sites for hydroxylation is 1. The highest BCUT2D eigenvalue weighted by molar-refractivity contribution is 7.18. The Hall–Kier alpha value is -2.44. The Labute approximate surface area is 161 Å². The molecule has 0 bridgehead atoms. The third-order valence-electron chi connectivity index (χ3n) is 3.71. The zero-order valence-electron chi connectivity index (χ0n) is 14.4. The number of nitrogens with zero attached hydrogens (tertiary/aromatic N) is 2. The van der Waals surface area contributed by atoms with Crippen molar-refractivity contribution in [3.63, 3.8) is 0 Å². The normalized spacial score (nSPS) is 11.8. The van der Waals surface area contributed by atoms with Crippen LogP contribution >= 0.6 is 22.9 Å². The largest absolute Gasteiger partial charge is 0.481 e. The number of halogens is 1. The van der Waals surface area contributed by atoms with Crippen LogP contribution in [0.5, 0.6) is 5.75 Å². The second-order valence-electron chi connectivity index (χ2n) is 5.74. The number of amides is 1. The Balaban J connectivity index is 1.66. The lowest BCUT2D eigenvalue weighted by molar-refractivity contribution is -0.122. The van der Waals surface area contributed by atoms with Gasteiger partial charge in [-0.3, -0.25) is 10.1 Å². The van der Waals surface area contributed by atoms with Crippen molar-refractivity contribution >= 4 is 34.0 Å². The van der Waals surface area contributed by atoms with Gasteiger partial charge in [-0.2, -0.15) is 0 Å². The summed E-state index contributed by atoms with van der Waals surface area (Å²) in [7, 11) is 0. The minimum atomic E-state index is -0.597. The highest BCUT2D eigenvalue weighted by Gasteiger charge is 2.20. The summed E-state index contributed by atoms with van der Waals surface area (Å²) >= 11 is 7.20. The molecule has 134 valence electrons. The van der Waals surface area contributed by atoms with E-state index in [4.69, 9.17) is 16.3 Å². The predicted molar refractivity (Wildman–Crippen MR) is 105 cm³/mol. The minimum absolute atomic E-state index is 0.244. The molecule has 0 aliphatic heterocycles. The van der Waals surface area contributed by atoms with Gasteiger partial charge in [0.2, 0.25) is 5.13 Å². The molecule has 1 N–H and O–H groups in total. The average Bonchev–Trinajstić information content (AvgIpc) is 3.10. The number of carbonyl (C=O) groups excluding carboxylic acids is 1. The molecular formula is C19H18ClN3O2S. The molecular weight excluding hydrogens is 370 g/mol. The third kappa shape index (κ3) is 4.59. The first-order valence-corrected chi connectivity index (χ1v) is 9.38. The molecule has 1 atom stereocenters. The molecule has 0 radical (unpaired) electrons. The molecule has 0 spiro atoms. The lowest BCUT2D eigenvalue weighted by Crippen LogP contribution is -2.32. The van der Waals surface area contributed by atoms with Gasteiger partial charge in [0.05, 0.1) is 0 Å². The Morgan fingerprint density at radius 3 is 2.50 bits per heavy atom. The molecule has 0 fully saturated rings. The van der Waals surface area contributed by atoms with Crippen LogP contribution in [0.25, 0.3) is 10.6 Å². The summed E-state index contributed by atoms with van der Waals surface area (Å²) in [5, 5.41) is 12.7. The topological polar surface area (TPSA) is 64.1 Å². The van der Waals surface area contributed by atoms with Gasteiger partial charge in [0.25, 0.3) is 5.91 Å². The first-order valence-electron chi connectivity index (χ1n) is 8.19. The second-order valence-corrected chi connectivity index (χ2v) is 7.15. The van der Waals surface area contributed by atoms with Gasteiger partial charge in [-0.05, 0) is 37.6 Å². The van der Waals surface area contributed by atoms with Crippen molar-refractivity contribution in [3.05, 3.63) is 59.1 Å². The monoisotopic (exact) mass is 387 g/mol. The van der Waals surface area contributed by atoms with Gasteiger partial charge in [0, 0.05) is 10.6 Å². The van der Waals surface area contributed by atoms with Crippen LogP contribution in [-0.2, 0) is 4.79 Å². The van der Waals surface area contributed by atoms with Crippen LogP contribution in [0.1, 0.15) is 18.9 Å². The van der Waals surface area contributed by atoms with Crippen molar-refractivity contribution in [2.45, 2.75) is 26.4 Å². The first-order chi connectivity index (χ1) is 12.5. The van der Waals surface area contributed by atoms with Gasteiger partial charge in [0.1, 0.15) is 10.8 Å². The maximum atomic E-state index is 12.5. The van der Waals surface area contributed by atoms with E-state index in [9.17, 15) is 4.79 Å². The van der Waals surface area contributed by atoms with Crippen LogP contribution in [-0.4, -0.2) is 22.2 Å². The summed E-state index contributed by atoms with van der Waals surface area (Å²) in [6.07, 6.45) is -0.0525. The Bertz CT molecular complexity index is 879. The van der Waals surface area contributed by atoms with E-state index in [1.165, 1.54) is 11.3 Å². The van der Waals surface area contributed by atoms with Crippen LogP contribution in [0.15, 0.2) is 48.5 Å². The number of benzene rings is 2. The van der Waals surface area contributed by atoms with E-state index < -0.39 is 6.10 Å². The Kier molecular flexibility index (Phi) is 5.85. The molecule has 0 saturated carbocycles. The number of rotatable bonds is 6. The number of hydrogen-bond acceptors (Lipinski definition) is 5. The number of carbonyl (C=O) groups is 1. The van der Waals surface area contributed by atoms with Gasteiger partial charge < -0.3 is 4.74 Å². The van der Waals surface area contributed by atoms with Crippen molar-refractivity contribution in [2.75, 3.05) is 5.32 Å². The summed E-state index contributed by atoms with van der Waals surface area (Å²) in [5.41, 5.74) is 2.04. The van der Waals surface area contributed by atoms with E-state index >= 15 is 0 Å². The molecule has 1 amide bonds. The number of ether oxygens (including phenoxy) is 1. The quantitative estimate of drug-likeness (QED) is 0.649. The van der Waals surface area contributed by atoms with Crippen LogP contribution in [0.4, 0.5) is 5.13 Å². The smallest absolute Gasteiger partial charge is 0.267 e. The van der Waals surface area contributed by atoms with E-state index in [1.54, 1.807) is 12.1 Å². The Morgan fingerprint density at radius 2 is 1.85 bits per heavy atom. The number of nitrogens with one attached hydrogen (secondary N) is 1. The summed E-state index contributed by atoms with van der Waals surface area (Å²) in [5.74, 6) is 0.420. The summed E-state index contributed by atoms with van der Waals surface area (Å²) in [4.78, 5) is 12.5. The van der Waals surface area contributed by atoms with Crippen LogP contribution in [0, 0.1) is 6.92 Å². The maximum Gasteiger partial charge on any atom is 0.267 e. The molecule has 3 rings (SSSR count). The van der Waals surface area contributed by atoms with Gasteiger partial charge in [-0.15, -0.1) is 10.2 Å². The Morgan fingerprint density at radius 1 is 1.15 bits per heavy atom. The van der Waals surface area contributed by atoms with Crippen molar-refractivity contribution in [2.24, 2.45) is 0 Å². The molecule has 1 heterocycles. The van der Waals surface area contributed by atoms with E-state index in [1.807, 2.05) is 50.2 Å². The zero-order chi connectivity index (χ0) is 18.5. The fraction of sp³-hybridized carbons (Fsp3) is 0.211. The summed E-state index contributed by atoms with van der Waals surface area (Å²) in [6.45, 7) is 3.90. The van der Waals surface area contributed by atoms with E-state index in [0.717, 1.165) is 11.1 Å². The van der Waals surface area contributed by atoms with E-state index in [0.29, 0.717) is 27.3 Å². The summed E-state index contributed by atoms with van der Waals surface area (Å²) in [6, 6.07) is 14.9. The van der Waals surface area contributed by atoms with Crippen molar-refractivity contribution < 1.29 is 9.53 Å². The second kappa shape index (κ2) is 8.29. The molecule has 3 aromatic rings. The van der Waals surface area contributed by atoms with Crippen molar-refractivity contribution in [1.29, 1.82) is 0 Å². The fourth-order valence-electron chi connectivity index (χ4n) is 2.27. The number of aromatic nitrogens is 2. The number of hydrogen-bond donors (Lipinski definition) is 1. The standard InChI is InChI=1S/C19H18ClN3O2S/c1-3-16(25-15-10-4-12(2)5-11-15)17(24)21-19-23-22-18(26-19)13-6-8-14(20)9-7-13/h4-11,16H,3H2,1-2H3,(H,21,23,24). The van der Waals surface area contributed by atoms with Gasteiger partial charge in [0.15, 0.2) is 6.10 Å².